The van der Waals surface area contributed by atoms with Gasteiger partial charge in [-0.05, 0) is 56.3 Å². The number of carbonyl (C=O) groups is 2. The lowest BCUT2D eigenvalue weighted by molar-refractivity contribution is -0.119. The average Bonchev–Trinajstić information content (AvgIpc) is 2.58. The number of carbonyl (C=O) groups excluding carboxylic acids is 2. The molecule has 2 amide bonds. The van der Waals surface area contributed by atoms with E-state index in [0.717, 1.165) is 23.3 Å². The lowest BCUT2D eigenvalue weighted by Gasteiger charge is -2.16. The first-order chi connectivity index (χ1) is 12.7. The molecule has 2 aromatic rings. The minimum absolute atomic E-state index is 0.0827. The van der Waals surface area contributed by atoms with E-state index in [1.54, 1.807) is 6.07 Å². The summed E-state index contributed by atoms with van der Waals surface area (Å²) in [6.07, 6.45) is 0. The molecular weight excluding hydrogens is 359 g/mol. The molecule has 0 aliphatic carbocycles. The smallest absolute Gasteiger partial charge is 0.238 e. The minimum atomic E-state index is -1.66. The van der Waals surface area contributed by atoms with E-state index in [4.69, 9.17) is 0 Å². The first kappa shape index (κ1) is 20.4. The molecule has 0 atom stereocenters. The van der Waals surface area contributed by atoms with Crippen LogP contribution in [0.4, 0.5) is 24.5 Å². The molecule has 5 nitrogen and oxygen atoms in total. The topological polar surface area (TPSA) is 61.4 Å². The summed E-state index contributed by atoms with van der Waals surface area (Å²) in [5.74, 6) is -5.47. The minimum Gasteiger partial charge on any atom is -0.325 e. The molecule has 0 radical (unpaired) electrons. The Morgan fingerprint density at radius 2 is 1.52 bits per heavy atom. The molecule has 0 heterocycles. The van der Waals surface area contributed by atoms with Gasteiger partial charge in [0.05, 0.1) is 18.8 Å². The van der Waals surface area contributed by atoms with Crippen LogP contribution >= 0.6 is 0 Å². The number of hydrogen-bond donors (Lipinski definition) is 2. The molecule has 0 aromatic heterocycles. The normalized spacial score (nSPS) is 10.8. The maximum Gasteiger partial charge on any atom is 0.238 e. The van der Waals surface area contributed by atoms with Gasteiger partial charge >= 0.3 is 0 Å². The van der Waals surface area contributed by atoms with E-state index in [-0.39, 0.29) is 19.0 Å². The second-order valence-electron chi connectivity index (χ2n) is 6.29. The third-order valence-electron chi connectivity index (χ3n) is 3.93. The van der Waals surface area contributed by atoms with Crippen molar-refractivity contribution in [2.75, 3.05) is 30.8 Å². The Morgan fingerprint density at radius 3 is 2.15 bits per heavy atom. The summed E-state index contributed by atoms with van der Waals surface area (Å²) in [7, 11) is 1.53. The predicted molar refractivity (Wildman–Crippen MR) is 97.0 cm³/mol. The highest BCUT2D eigenvalue weighted by atomic mass is 19.2. The van der Waals surface area contributed by atoms with E-state index in [1.807, 2.05) is 26.0 Å². The van der Waals surface area contributed by atoms with Gasteiger partial charge in [0.2, 0.25) is 11.8 Å². The van der Waals surface area contributed by atoms with Crippen molar-refractivity contribution in [1.82, 2.24) is 4.90 Å². The van der Waals surface area contributed by atoms with Crippen LogP contribution in [0.2, 0.25) is 0 Å². The molecule has 0 unspecified atom stereocenters. The Balaban J connectivity index is 1.88. The van der Waals surface area contributed by atoms with E-state index in [0.29, 0.717) is 5.69 Å². The van der Waals surface area contributed by atoms with Crippen LogP contribution in [0.3, 0.4) is 0 Å². The molecule has 0 aliphatic heterocycles. The molecule has 2 rings (SSSR count). The molecule has 0 bridgehead atoms. The largest absolute Gasteiger partial charge is 0.325 e. The van der Waals surface area contributed by atoms with Crippen LogP contribution in [0, 0.1) is 31.3 Å². The van der Waals surface area contributed by atoms with Crippen molar-refractivity contribution in [3.05, 3.63) is 58.9 Å². The van der Waals surface area contributed by atoms with Gasteiger partial charge in [0, 0.05) is 5.69 Å². The van der Waals surface area contributed by atoms with Crippen LogP contribution in [0.15, 0.2) is 30.3 Å². The highest BCUT2D eigenvalue weighted by Gasteiger charge is 2.17. The van der Waals surface area contributed by atoms with Gasteiger partial charge in [-0.3, -0.25) is 14.5 Å². The lowest BCUT2D eigenvalue weighted by Crippen LogP contribution is -2.36. The highest BCUT2D eigenvalue weighted by Crippen LogP contribution is 2.19. The average molecular weight is 379 g/mol. The van der Waals surface area contributed by atoms with E-state index >= 15 is 0 Å². The number of aryl methyl sites for hydroxylation is 2. The summed E-state index contributed by atoms with van der Waals surface area (Å²) in [6, 6.07) is 7.15. The Labute approximate surface area is 155 Å². The highest BCUT2D eigenvalue weighted by molar-refractivity contribution is 5.94. The second kappa shape index (κ2) is 8.68. The summed E-state index contributed by atoms with van der Waals surface area (Å²) in [5, 5.41) is 4.87. The standard InChI is InChI=1S/C19H20F3N3O2/c1-11-4-5-13(8-12(11)2)23-16(26)9-25(3)10-17(27)24-15-7-6-14(20)18(21)19(15)22/h4-8H,9-10H2,1-3H3,(H,23,26)(H,24,27). The molecule has 2 N–H and O–H groups in total. The summed E-state index contributed by atoms with van der Waals surface area (Å²) in [4.78, 5) is 25.4. The number of nitrogens with one attached hydrogen (secondary N) is 2. The van der Waals surface area contributed by atoms with Gasteiger partial charge in [-0.15, -0.1) is 0 Å². The number of halogens is 3. The summed E-state index contributed by atoms with van der Waals surface area (Å²) < 4.78 is 39.6. The molecule has 0 spiro atoms. The molecule has 8 heteroatoms. The predicted octanol–water partition coefficient (Wildman–Crippen LogP) is 3.23. The van der Waals surface area contributed by atoms with Gasteiger partial charge in [0.1, 0.15) is 0 Å². The van der Waals surface area contributed by atoms with E-state index in [1.165, 1.54) is 11.9 Å². The maximum atomic E-state index is 13.6. The number of amides is 2. The molecule has 0 saturated carbocycles. The molecule has 27 heavy (non-hydrogen) atoms. The lowest BCUT2D eigenvalue weighted by atomic mass is 10.1. The fraction of sp³-hybridized carbons (Fsp3) is 0.263. The SMILES string of the molecule is Cc1ccc(NC(=O)CN(C)CC(=O)Nc2ccc(F)c(F)c2F)cc1C. The van der Waals surface area contributed by atoms with Crippen LogP contribution in [0.25, 0.3) is 0 Å². The summed E-state index contributed by atoms with van der Waals surface area (Å²) in [6.45, 7) is 3.57. The van der Waals surface area contributed by atoms with Crippen molar-refractivity contribution in [2.45, 2.75) is 13.8 Å². The number of benzene rings is 2. The number of anilines is 2. The fourth-order valence-corrected chi connectivity index (χ4v) is 2.38. The molecule has 0 saturated heterocycles. The van der Waals surface area contributed by atoms with Crippen molar-refractivity contribution in [3.63, 3.8) is 0 Å². The van der Waals surface area contributed by atoms with Crippen molar-refractivity contribution in [3.8, 4) is 0 Å². The third kappa shape index (κ3) is 5.55. The van der Waals surface area contributed by atoms with Crippen LogP contribution in [0.1, 0.15) is 11.1 Å². The number of likely N-dealkylation sites (N-methyl/N-ethyl adjacent to an activating group) is 1. The Hall–Kier alpha value is -2.87. The summed E-state index contributed by atoms with van der Waals surface area (Å²) >= 11 is 0. The van der Waals surface area contributed by atoms with Crippen molar-refractivity contribution >= 4 is 23.2 Å². The molecule has 0 fully saturated rings. The summed E-state index contributed by atoms with van der Waals surface area (Å²) in [5.41, 5.74) is 2.32. The van der Waals surface area contributed by atoms with Gasteiger partial charge < -0.3 is 10.6 Å². The first-order valence-electron chi connectivity index (χ1n) is 8.16. The number of hydrogen-bond acceptors (Lipinski definition) is 3. The quantitative estimate of drug-likeness (QED) is 0.758. The Morgan fingerprint density at radius 1 is 0.889 bits per heavy atom. The third-order valence-corrected chi connectivity index (χ3v) is 3.93. The van der Waals surface area contributed by atoms with Crippen LogP contribution in [0.5, 0.6) is 0 Å². The monoisotopic (exact) mass is 379 g/mol. The zero-order chi connectivity index (χ0) is 20.1. The fourth-order valence-electron chi connectivity index (χ4n) is 2.38. The number of nitrogens with zero attached hydrogens (tertiary/aromatic N) is 1. The molecule has 2 aromatic carbocycles. The van der Waals surface area contributed by atoms with Crippen molar-refractivity contribution < 1.29 is 22.8 Å². The van der Waals surface area contributed by atoms with Gasteiger partial charge in [-0.2, -0.15) is 0 Å². The molecule has 0 aliphatic rings. The van der Waals surface area contributed by atoms with Gasteiger partial charge in [0.15, 0.2) is 17.5 Å². The van der Waals surface area contributed by atoms with Gasteiger partial charge in [-0.25, -0.2) is 13.2 Å². The number of rotatable bonds is 6. The van der Waals surface area contributed by atoms with E-state index in [9.17, 15) is 22.8 Å². The zero-order valence-electron chi connectivity index (χ0n) is 15.2. The maximum absolute atomic E-state index is 13.6. The second-order valence-corrected chi connectivity index (χ2v) is 6.29. The van der Waals surface area contributed by atoms with Crippen LogP contribution < -0.4 is 10.6 Å². The molecule has 144 valence electrons. The van der Waals surface area contributed by atoms with Gasteiger partial charge in [0.25, 0.3) is 0 Å². The van der Waals surface area contributed by atoms with Crippen LogP contribution in [-0.4, -0.2) is 36.9 Å². The van der Waals surface area contributed by atoms with Crippen LogP contribution in [-0.2, 0) is 9.59 Å². The van der Waals surface area contributed by atoms with Crippen molar-refractivity contribution in [2.24, 2.45) is 0 Å². The Kier molecular flexibility index (Phi) is 6.57. The Bertz CT molecular complexity index is 872. The zero-order valence-corrected chi connectivity index (χ0v) is 15.2. The van der Waals surface area contributed by atoms with E-state index < -0.39 is 29.0 Å². The molecular formula is C19H20F3N3O2. The van der Waals surface area contributed by atoms with Crippen molar-refractivity contribution in [1.29, 1.82) is 0 Å². The van der Waals surface area contributed by atoms with Gasteiger partial charge in [-0.1, -0.05) is 6.07 Å². The first-order valence-corrected chi connectivity index (χ1v) is 8.16. The van der Waals surface area contributed by atoms with E-state index in [2.05, 4.69) is 10.6 Å².